The standard InChI is InChI=1S/C26H34N4O4S/c1-19(2)26(32)29(11-10-28-12-14-34-15-13-28)18-25(31)30-23(20-6-8-21(33-3)9-7-20)17-22(27-30)24-5-4-16-35-24/h4-9,16,19,23H,10-15,17-18H2,1-3H3. The van der Waals surface area contributed by atoms with E-state index < -0.39 is 0 Å². The summed E-state index contributed by atoms with van der Waals surface area (Å²) in [6, 6.07) is 11.6. The molecule has 0 bridgehead atoms. The number of hydrogen-bond acceptors (Lipinski definition) is 7. The normalized spacial score (nSPS) is 18.6. The lowest BCUT2D eigenvalue weighted by atomic mass is 10.0. The Bertz CT molecular complexity index is 1020. The van der Waals surface area contributed by atoms with E-state index in [9.17, 15) is 9.59 Å². The number of ether oxygens (including phenoxy) is 2. The van der Waals surface area contributed by atoms with Crippen LogP contribution in [-0.4, -0.2) is 85.4 Å². The second-order valence-electron chi connectivity index (χ2n) is 9.12. The summed E-state index contributed by atoms with van der Waals surface area (Å²) < 4.78 is 10.7. The molecule has 3 heterocycles. The van der Waals surface area contributed by atoms with Crippen molar-refractivity contribution in [1.82, 2.24) is 14.8 Å². The summed E-state index contributed by atoms with van der Waals surface area (Å²) in [5.74, 6) is 0.386. The van der Waals surface area contributed by atoms with Crippen molar-refractivity contribution in [3.05, 3.63) is 52.2 Å². The molecule has 1 atom stereocenters. The van der Waals surface area contributed by atoms with Crippen LogP contribution in [0.25, 0.3) is 0 Å². The molecule has 4 rings (SSSR count). The molecule has 2 aliphatic rings. The number of carbonyl (C=O) groups excluding carboxylic acids is 2. The monoisotopic (exact) mass is 498 g/mol. The third-order valence-electron chi connectivity index (χ3n) is 6.39. The maximum absolute atomic E-state index is 13.6. The Morgan fingerprint density at radius 3 is 2.57 bits per heavy atom. The van der Waals surface area contributed by atoms with Gasteiger partial charge < -0.3 is 14.4 Å². The van der Waals surface area contributed by atoms with Crippen LogP contribution in [0.5, 0.6) is 5.75 Å². The highest BCUT2D eigenvalue weighted by atomic mass is 32.1. The van der Waals surface area contributed by atoms with Crippen molar-refractivity contribution >= 4 is 28.9 Å². The number of hydrogen-bond donors (Lipinski definition) is 0. The van der Waals surface area contributed by atoms with Crippen LogP contribution in [0.2, 0.25) is 0 Å². The molecule has 1 saturated heterocycles. The summed E-state index contributed by atoms with van der Waals surface area (Å²) in [5, 5.41) is 8.34. The molecule has 0 radical (unpaired) electrons. The van der Waals surface area contributed by atoms with Crippen LogP contribution in [0.15, 0.2) is 46.9 Å². The molecule has 0 saturated carbocycles. The van der Waals surface area contributed by atoms with E-state index in [1.165, 1.54) is 0 Å². The fourth-order valence-electron chi connectivity index (χ4n) is 4.37. The molecule has 1 aromatic heterocycles. The van der Waals surface area contributed by atoms with Crippen molar-refractivity contribution in [2.24, 2.45) is 11.0 Å². The van der Waals surface area contributed by atoms with Gasteiger partial charge in [0.05, 0.1) is 37.0 Å². The summed E-state index contributed by atoms with van der Waals surface area (Å²) >= 11 is 1.61. The number of nitrogens with zero attached hydrogens (tertiary/aromatic N) is 4. The van der Waals surface area contributed by atoms with Gasteiger partial charge in [-0.3, -0.25) is 14.5 Å². The van der Waals surface area contributed by atoms with Gasteiger partial charge in [-0.05, 0) is 29.1 Å². The number of hydrazone groups is 1. The molecule has 0 spiro atoms. The first-order valence-electron chi connectivity index (χ1n) is 12.1. The van der Waals surface area contributed by atoms with Crippen molar-refractivity contribution in [3.8, 4) is 5.75 Å². The lowest BCUT2D eigenvalue weighted by molar-refractivity contribution is -0.143. The Hall–Kier alpha value is -2.75. The second-order valence-corrected chi connectivity index (χ2v) is 10.1. The van der Waals surface area contributed by atoms with Crippen molar-refractivity contribution in [1.29, 1.82) is 0 Å². The molecule has 0 N–H and O–H groups in total. The van der Waals surface area contributed by atoms with E-state index >= 15 is 0 Å². The molecule has 2 amide bonds. The minimum absolute atomic E-state index is 0.00916. The zero-order valence-electron chi connectivity index (χ0n) is 20.7. The average molecular weight is 499 g/mol. The summed E-state index contributed by atoms with van der Waals surface area (Å²) in [6.07, 6.45) is 0.629. The zero-order valence-corrected chi connectivity index (χ0v) is 21.5. The highest BCUT2D eigenvalue weighted by Gasteiger charge is 2.35. The number of benzene rings is 1. The number of rotatable bonds is 9. The van der Waals surface area contributed by atoms with E-state index in [1.807, 2.05) is 55.6 Å². The maximum Gasteiger partial charge on any atom is 0.262 e. The largest absolute Gasteiger partial charge is 0.497 e. The van der Waals surface area contributed by atoms with Crippen LogP contribution in [0.4, 0.5) is 0 Å². The Kier molecular flexibility index (Phi) is 8.54. The van der Waals surface area contributed by atoms with Crippen molar-refractivity contribution in [2.75, 3.05) is 53.0 Å². The van der Waals surface area contributed by atoms with Crippen LogP contribution in [0.1, 0.15) is 36.8 Å². The highest BCUT2D eigenvalue weighted by Crippen LogP contribution is 2.34. The minimum atomic E-state index is -0.222. The lowest BCUT2D eigenvalue weighted by Gasteiger charge is -2.31. The van der Waals surface area contributed by atoms with Gasteiger partial charge in [0.2, 0.25) is 5.91 Å². The molecular formula is C26H34N4O4S. The van der Waals surface area contributed by atoms with Crippen molar-refractivity contribution < 1.29 is 19.1 Å². The first-order valence-corrected chi connectivity index (χ1v) is 13.0. The Labute approximate surface area is 211 Å². The van der Waals surface area contributed by atoms with Gasteiger partial charge in [0.25, 0.3) is 5.91 Å². The SMILES string of the molecule is COc1ccc(C2CC(c3cccs3)=NN2C(=O)CN(CCN2CCOCC2)C(=O)C(C)C)cc1. The third-order valence-corrected chi connectivity index (χ3v) is 7.31. The highest BCUT2D eigenvalue weighted by molar-refractivity contribution is 7.12. The molecule has 0 aliphatic carbocycles. The van der Waals surface area contributed by atoms with Crippen LogP contribution in [-0.2, 0) is 14.3 Å². The van der Waals surface area contributed by atoms with Gasteiger partial charge >= 0.3 is 0 Å². The summed E-state index contributed by atoms with van der Waals surface area (Å²) in [6.45, 7) is 8.08. The predicted molar refractivity (Wildman–Crippen MR) is 137 cm³/mol. The molecule has 9 heteroatoms. The van der Waals surface area contributed by atoms with Gasteiger partial charge in [-0.25, -0.2) is 5.01 Å². The molecule has 1 aromatic carbocycles. The van der Waals surface area contributed by atoms with E-state index in [1.54, 1.807) is 28.4 Å². The van der Waals surface area contributed by atoms with Crippen LogP contribution in [0, 0.1) is 5.92 Å². The van der Waals surface area contributed by atoms with E-state index in [2.05, 4.69) is 4.90 Å². The van der Waals surface area contributed by atoms with E-state index in [-0.39, 0.29) is 30.3 Å². The van der Waals surface area contributed by atoms with Crippen LogP contribution in [0.3, 0.4) is 0 Å². The number of thiophene rings is 1. The second kappa shape index (κ2) is 11.8. The Balaban J connectivity index is 1.53. The van der Waals surface area contributed by atoms with Crippen LogP contribution < -0.4 is 4.74 Å². The summed E-state index contributed by atoms with van der Waals surface area (Å²) in [4.78, 5) is 31.6. The molecule has 35 heavy (non-hydrogen) atoms. The molecule has 2 aromatic rings. The van der Waals surface area contributed by atoms with Crippen molar-refractivity contribution in [2.45, 2.75) is 26.3 Å². The molecule has 1 fully saturated rings. The van der Waals surface area contributed by atoms with Gasteiger partial charge in [-0.1, -0.05) is 32.0 Å². The summed E-state index contributed by atoms with van der Waals surface area (Å²) in [7, 11) is 1.63. The molecule has 8 nitrogen and oxygen atoms in total. The Morgan fingerprint density at radius 2 is 1.94 bits per heavy atom. The molecule has 2 aliphatic heterocycles. The van der Waals surface area contributed by atoms with Crippen LogP contribution >= 0.6 is 11.3 Å². The summed E-state index contributed by atoms with van der Waals surface area (Å²) in [5.41, 5.74) is 1.88. The smallest absolute Gasteiger partial charge is 0.262 e. The number of methoxy groups -OCH3 is 1. The van der Waals surface area contributed by atoms with Gasteiger partial charge in [-0.15, -0.1) is 11.3 Å². The third kappa shape index (κ3) is 6.28. The Morgan fingerprint density at radius 1 is 1.20 bits per heavy atom. The fraction of sp³-hybridized carbons (Fsp3) is 0.500. The first-order chi connectivity index (χ1) is 17.0. The predicted octanol–water partition coefficient (Wildman–Crippen LogP) is 3.25. The zero-order chi connectivity index (χ0) is 24.8. The number of morpholine rings is 1. The molecule has 188 valence electrons. The van der Waals surface area contributed by atoms with E-state index in [4.69, 9.17) is 14.6 Å². The topological polar surface area (TPSA) is 74.7 Å². The number of amides is 2. The molecular weight excluding hydrogens is 464 g/mol. The van der Waals surface area contributed by atoms with Gasteiger partial charge in [0, 0.05) is 38.5 Å². The number of carbonyl (C=O) groups is 2. The lowest BCUT2D eigenvalue weighted by Crippen LogP contribution is -2.47. The maximum atomic E-state index is 13.6. The van der Waals surface area contributed by atoms with Crippen molar-refractivity contribution in [3.63, 3.8) is 0 Å². The minimum Gasteiger partial charge on any atom is -0.497 e. The van der Waals surface area contributed by atoms with E-state index in [0.29, 0.717) is 26.2 Å². The average Bonchev–Trinajstić information content (AvgIpc) is 3.57. The first kappa shape index (κ1) is 25.3. The van der Waals surface area contributed by atoms with Gasteiger partial charge in [0.1, 0.15) is 12.3 Å². The quantitative estimate of drug-likeness (QED) is 0.531. The van der Waals surface area contributed by atoms with Gasteiger partial charge in [0.15, 0.2) is 0 Å². The fourth-order valence-corrected chi connectivity index (χ4v) is 5.09. The van der Waals surface area contributed by atoms with Gasteiger partial charge in [-0.2, -0.15) is 5.10 Å². The van der Waals surface area contributed by atoms with E-state index in [0.717, 1.165) is 41.5 Å². The molecule has 1 unspecified atom stereocenters.